The molecule has 9 heteroatoms. The van der Waals surface area contributed by atoms with Crippen LogP contribution in [0.5, 0.6) is 0 Å². The molecule has 1 aromatic rings. The lowest BCUT2D eigenvalue weighted by molar-refractivity contribution is -0.130. The minimum atomic E-state index is -3.71. The van der Waals surface area contributed by atoms with Crippen molar-refractivity contribution in [2.45, 2.75) is 55.8 Å². The molecule has 0 unspecified atom stereocenters. The lowest BCUT2D eigenvalue weighted by Gasteiger charge is -2.35. The molecule has 1 aromatic carbocycles. The third-order valence-corrected chi connectivity index (χ3v) is 6.46. The monoisotopic (exact) mass is 427 g/mol. The molecule has 0 radical (unpaired) electrons. The van der Waals surface area contributed by atoms with Gasteiger partial charge in [-0.3, -0.25) is 4.79 Å². The summed E-state index contributed by atoms with van der Waals surface area (Å²) in [6.45, 7) is 3.07. The zero-order valence-corrected chi connectivity index (χ0v) is 18.2. The van der Waals surface area contributed by atoms with Crippen LogP contribution in [0.2, 0.25) is 0 Å². The molecule has 2 rings (SSSR count). The van der Waals surface area contributed by atoms with Gasteiger partial charge in [0.15, 0.2) is 0 Å². The van der Waals surface area contributed by atoms with Crippen molar-refractivity contribution >= 4 is 15.9 Å². The highest BCUT2D eigenvalue weighted by atomic mass is 32.2. The molecule has 1 amide bonds. The Morgan fingerprint density at radius 2 is 1.93 bits per heavy atom. The molecule has 1 saturated heterocycles. The molecule has 1 aliphatic rings. The lowest BCUT2D eigenvalue weighted by atomic mass is 9.98. The normalized spacial score (nSPS) is 22.6. The Morgan fingerprint density at radius 3 is 2.55 bits per heavy atom. The highest BCUT2D eigenvalue weighted by Gasteiger charge is 2.34. The van der Waals surface area contributed by atoms with Gasteiger partial charge >= 0.3 is 0 Å². The number of sulfonamides is 1. The van der Waals surface area contributed by atoms with E-state index in [9.17, 15) is 18.3 Å². The van der Waals surface area contributed by atoms with Gasteiger partial charge in [-0.15, -0.1) is 0 Å². The van der Waals surface area contributed by atoms with E-state index in [1.54, 1.807) is 24.3 Å². The smallest absolute Gasteiger partial charge is 0.240 e. The Morgan fingerprint density at radius 1 is 1.24 bits per heavy atom. The molecule has 0 bridgehead atoms. The van der Waals surface area contributed by atoms with E-state index in [0.29, 0.717) is 19.4 Å². The van der Waals surface area contributed by atoms with Crippen LogP contribution >= 0.6 is 0 Å². The highest BCUT2D eigenvalue weighted by Crippen LogP contribution is 2.23. The van der Waals surface area contributed by atoms with Gasteiger partial charge in [-0.05, 0) is 59.0 Å². The number of ether oxygens (including phenoxy) is 1. The molecule has 0 spiro atoms. The molecular formula is C20H33N3O5S. The molecule has 0 aliphatic carbocycles. The van der Waals surface area contributed by atoms with Gasteiger partial charge in [0.1, 0.15) is 0 Å². The summed E-state index contributed by atoms with van der Waals surface area (Å²) in [4.78, 5) is 14.3. The second-order valence-electron chi connectivity index (χ2n) is 7.81. The number of benzene rings is 1. The predicted molar refractivity (Wildman–Crippen MR) is 111 cm³/mol. The standard InChI is InChI=1S/C20H33N3O5S/c1-15-5-8-17(9-6-15)29(26,27)22-18-10-7-16(28-19(18)14-24)13-20(25)21-11-4-12-23(2)3/h5-6,8-9,16,18-19,22,24H,4,7,10-14H2,1-3H3,(H,21,25)/t16-,18-,19+/m1/s1. The average molecular weight is 428 g/mol. The van der Waals surface area contributed by atoms with E-state index >= 15 is 0 Å². The van der Waals surface area contributed by atoms with Gasteiger partial charge in [0.25, 0.3) is 0 Å². The lowest BCUT2D eigenvalue weighted by Crippen LogP contribution is -2.51. The number of hydrogen-bond acceptors (Lipinski definition) is 6. The van der Waals surface area contributed by atoms with Crippen molar-refractivity contribution in [3.05, 3.63) is 29.8 Å². The van der Waals surface area contributed by atoms with Crippen molar-refractivity contribution in [1.82, 2.24) is 14.9 Å². The molecule has 3 atom stereocenters. The Kier molecular flexibility index (Phi) is 9.04. The van der Waals surface area contributed by atoms with Gasteiger partial charge in [0.05, 0.1) is 36.2 Å². The number of aliphatic hydroxyl groups is 1. The molecule has 0 aromatic heterocycles. The second kappa shape index (κ2) is 11.0. The maximum Gasteiger partial charge on any atom is 0.240 e. The first-order valence-corrected chi connectivity index (χ1v) is 11.5. The molecule has 1 heterocycles. The van der Waals surface area contributed by atoms with Gasteiger partial charge in [0.2, 0.25) is 15.9 Å². The number of aliphatic hydroxyl groups excluding tert-OH is 1. The van der Waals surface area contributed by atoms with Crippen LogP contribution < -0.4 is 10.0 Å². The minimum absolute atomic E-state index is 0.0934. The molecular weight excluding hydrogens is 394 g/mol. The van der Waals surface area contributed by atoms with Gasteiger partial charge in [-0.1, -0.05) is 17.7 Å². The third kappa shape index (κ3) is 7.67. The number of nitrogens with zero attached hydrogens (tertiary/aromatic N) is 1. The summed E-state index contributed by atoms with van der Waals surface area (Å²) in [5, 5.41) is 12.6. The van der Waals surface area contributed by atoms with Crippen molar-refractivity contribution < 1.29 is 23.1 Å². The molecule has 3 N–H and O–H groups in total. The first-order valence-electron chi connectivity index (χ1n) is 9.98. The zero-order valence-electron chi connectivity index (χ0n) is 17.4. The largest absolute Gasteiger partial charge is 0.394 e. The third-order valence-electron chi connectivity index (χ3n) is 4.95. The summed E-state index contributed by atoms with van der Waals surface area (Å²) in [6.07, 6.45) is 1.09. The number of hydrogen-bond donors (Lipinski definition) is 3. The van der Waals surface area contributed by atoms with E-state index in [4.69, 9.17) is 4.74 Å². The maximum absolute atomic E-state index is 12.6. The predicted octanol–water partition coefficient (Wildman–Crippen LogP) is 0.640. The quantitative estimate of drug-likeness (QED) is 0.473. The summed E-state index contributed by atoms with van der Waals surface area (Å²) >= 11 is 0. The van der Waals surface area contributed by atoms with Crippen molar-refractivity contribution in [2.24, 2.45) is 0 Å². The topological polar surface area (TPSA) is 108 Å². The summed E-state index contributed by atoms with van der Waals surface area (Å²) in [5.41, 5.74) is 0.973. The van der Waals surface area contributed by atoms with Crippen molar-refractivity contribution in [2.75, 3.05) is 33.8 Å². The fourth-order valence-corrected chi connectivity index (χ4v) is 4.60. The Hall–Kier alpha value is -1.52. The number of nitrogens with one attached hydrogen (secondary N) is 2. The minimum Gasteiger partial charge on any atom is -0.394 e. The Labute approximate surface area is 173 Å². The zero-order chi connectivity index (χ0) is 21.4. The molecule has 8 nitrogen and oxygen atoms in total. The molecule has 1 aliphatic heterocycles. The van der Waals surface area contributed by atoms with Crippen molar-refractivity contribution in [3.8, 4) is 0 Å². The van der Waals surface area contributed by atoms with Crippen LogP contribution in [0.15, 0.2) is 29.2 Å². The summed E-state index contributed by atoms with van der Waals surface area (Å²) < 4.78 is 33.7. The van der Waals surface area contributed by atoms with Gasteiger partial charge in [-0.2, -0.15) is 0 Å². The number of aryl methyl sites for hydroxylation is 1. The van der Waals surface area contributed by atoms with E-state index < -0.39 is 22.2 Å². The molecule has 29 heavy (non-hydrogen) atoms. The van der Waals surface area contributed by atoms with E-state index in [1.807, 2.05) is 21.0 Å². The van der Waals surface area contributed by atoms with Crippen LogP contribution in [0.1, 0.15) is 31.2 Å². The number of carbonyl (C=O) groups excluding carboxylic acids is 1. The van der Waals surface area contributed by atoms with E-state index in [-0.39, 0.29) is 29.9 Å². The fourth-order valence-electron chi connectivity index (χ4n) is 3.30. The van der Waals surface area contributed by atoms with Crippen LogP contribution in [-0.4, -0.2) is 76.4 Å². The first-order chi connectivity index (χ1) is 13.7. The molecule has 1 fully saturated rings. The van der Waals surface area contributed by atoms with Crippen molar-refractivity contribution in [1.29, 1.82) is 0 Å². The second-order valence-corrected chi connectivity index (χ2v) is 9.52. The fraction of sp³-hybridized carbons (Fsp3) is 0.650. The summed E-state index contributed by atoms with van der Waals surface area (Å²) in [5.74, 6) is -0.0934. The van der Waals surface area contributed by atoms with Gasteiger partial charge < -0.3 is 20.1 Å². The van der Waals surface area contributed by atoms with Crippen LogP contribution in [0, 0.1) is 6.92 Å². The highest BCUT2D eigenvalue weighted by molar-refractivity contribution is 7.89. The van der Waals surface area contributed by atoms with Crippen molar-refractivity contribution in [3.63, 3.8) is 0 Å². The van der Waals surface area contributed by atoms with Crippen LogP contribution in [-0.2, 0) is 19.6 Å². The Balaban J connectivity index is 1.85. The summed E-state index contributed by atoms with van der Waals surface area (Å²) in [6, 6.07) is 6.05. The van der Waals surface area contributed by atoms with Crippen LogP contribution in [0.3, 0.4) is 0 Å². The Bertz CT molecular complexity index is 752. The van der Waals surface area contributed by atoms with Crippen LogP contribution in [0.25, 0.3) is 0 Å². The molecule has 164 valence electrons. The molecule has 0 saturated carbocycles. The SMILES string of the molecule is Cc1ccc(S(=O)(=O)N[C@@H]2CC[C@H](CC(=O)NCCCN(C)C)O[C@H]2CO)cc1. The first kappa shape index (κ1) is 23.8. The number of carbonyl (C=O) groups is 1. The number of amides is 1. The van der Waals surface area contributed by atoms with E-state index in [2.05, 4.69) is 14.9 Å². The maximum atomic E-state index is 12.6. The van der Waals surface area contributed by atoms with Gasteiger partial charge in [-0.25, -0.2) is 13.1 Å². The van der Waals surface area contributed by atoms with Gasteiger partial charge in [0, 0.05) is 6.54 Å². The van der Waals surface area contributed by atoms with E-state index in [0.717, 1.165) is 18.5 Å². The summed E-state index contributed by atoms with van der Waals surface area (Å²) in [7, 11) is 0.258. The van der Waals surface area contributed by atoms with Crippen LogP contribution in [0.4, 0.5) is 0 Å². The number of rotatable bonds is 10. The van der Waals surface area contributed by atoms with E-state index in [1.165, 1.54) is 0 Å². The average Bonchev–Trinajstić information content (AvgIpc) is 2.66.